The van der Waals surface area contributed by atoms with Gasteiger partial charge in [-0.15, -0.1) is 0 Å². The number of hydrogen-bond acceptors (Lipinski definition) is 7. The van der Waals surface area contributed by atoms with E-state index in [1.807, 2.05) is 0 Å². The summed E-state index contributed by atoms with van der Waals surface area (Å²) in [5.41, 5.74) is -17.2. The molecule has 0 bridgehead atoms. The van der Waals surface area contributed by atoms with Crippen molar-refractivity contribution in [1.29, 1.82) is 0 Å². The van der Waals surface area contributed by atoms with E-state index in [0.717, 1.165) is 0 Å². The zero-order valence-electron chi connectivity index (χ0n) is 29.4. The Labute approximate surface area is 311 Å². The van der Waals surface area contributed by atoms with Gasteiger partial charge in [-0.05, 0) is 77.0 Å². The summed E-state index contributed by atoms with van der Waals surface area (Å²) in [5, 5.41) is 19.7. The second-order valence-electron chi connectivity index (χ2n) is 14.9. The maximum Gasteiger partial charge on any atom is 0.426 e. The van der Waals surface area contributed by atoms with E-state index in [-0.39, 0.29) is 24.8 Å². The molecule has 0 aromatic carbocycles. The van der Waals surface area contributed by atoms with Crippen molar-refractivity contribution in [2.75, 3.05) is 6.61 Å². The van der Waals surface area contributed by atoms with Crippen LogP contribution in [0.3, 0.4) is 0 Å². The standard InChI is InChI=1S/C32H36F18O7/c1-13(2)22(51)57-21-7-4-15-8-16(5-6-20(15)21)26(31(45,46)47,32(48,49)50)55-12-14(3)23(52)56-19-10-17(24(53,27(33,34)35)28(36,37)38)9-18(11-19)25(54,29(39,40)41)30(42,43)44/h14-21,53-54H,1,4-12H2,2-3H3. The normalized spacial score (nSPS) is 28.1. The maximum absolute atomic E-state index is 14.6. The SMILES string of the molecule is C=C(C)C(=O)OC1CCC2CC(C(OCC(C)C(=O)OC3CC(C(O)(C(F)(F)F)C(F)(F)F)CC(C(O)(C(F)(F)F)C(F)(F)F)C3)(C(F)(F)F)C(F)(F)F)CCC21. The molecular weight excluding hydrogens is 838 g/mol. The molecule has 0 aliphatic heterocycles. The summed E-state index contributed by atoms with van der Waals surface area (Å²) in [7, 11) is 0. The molecule has 57 heavy (non-hydrogen) atoms. The number of ether oxygens (including phenoxy) is 3. The molecule has 3 aliphatic rings. The average Bonchev–Trinajstić information content (AvgIpc) is 3.42. The number of esters is 2. The topological polar surface area (TPSA) is 102 Å². The van der Waals surface area contributed by atoms with Gasteiger partial charge in [0.1, 0.15) is 12.2 Å². The third-order valence-electron chi connectivity index (χ3n) is 11.2. The van der Waals surface area contributed by atoms with Crippen molar-refractivity contribution in [2.24, 2.45) is 35.5 Å². The van der Waals surface area contributed by atoms with Crippen LogP contribution in [0.4, 0.5) is 79.0 Å². The summed E-state index contributed by atoms with van der Waals surface area (Å²) < 4.78 is 266. The summed E-state index contributed by atoms with van der Waals surface area (Å²) in [4.78, 5) is 24.9. The van der Waals surface area contributed by atoms with Crippen molar-refractivity contribution in [3.05, 3.63) is 12.2 Å². The molecule has 0 heterocycles. The molecule has 3 rings (SSSR count). The largest absolute Gasteiger partial charge is 0.462 e. The first kappa shape index (κ1) is 48.7. The van der Waals surface area contributed by atoms with Gasteiger partial charge in [0.05, 0.1) is 12.5 Å². The third kappa shape index (κ3) is 8.93. The smallest absolute Gasteiger partial charge is 0.426 e. The zero-order chi connectivity index (χ0) is 44.3. The van der Waals surface area contributed by atoms with Crippen LogP contribution in [-0.4, -0.2) is 94.8 Å². The molecule has 0 amide bonds. The van der Waals surface area contributed by atoms with Crippen LogP contribution in [0.5, 0.6) is 0 Å². The minimum absolute atomic E-state index is 0.0167. The lowest BCUT2D eigenvalue weighted by molar-refractivity contribution is -0.406. The highest BCUT2D eigenvalue weighted by atomic mass is 19.4. The van der Waals surface area contributed by atoms with Crippen LogP contribution in [0.15, 0.2) is 12.2 Å². The first-order valence-corrected chi connectivity index (χ1v) is 16.9. The van der Waals surface area contributed by atoms with Crippen LogP contribution < -0.4 is 0 Å². The molecule has 7 nitrogen and oxygen atoms in total. The molecule has 0 radical (unpaired) electrons. The summed E-state index contributed by atoms with van der Waals surface area (Å²) in [5.74, 6) is -16.9. The molecule has 7 atom stereocenters. The zero-order valence-corrected chi connectivity index (χ0v) is 29.4. The van der Waals surface area contributed by atoms with Crippen LogP contribution in [-0.2, 0) is 23.8 Å². The first-order valence-electron chi connectivity index (χ1n) is 16.9. The summed E-state index contributed by atoms with van der Waals surface area (Å²) >= 11 is 0. The van der Waals surface area contributed by atoms with Crippen LogP contribution in [0, 0.1) is 35.5 Å². The minimum atomic E-state index is -6.87. The fraction of sp³-hybridized carbons (Fsp3) is 0.875. The fourth-order valence-corrected chi connectivity index (χ4v) is 8.26. The molecule has 25 heteroatoms. The van der Waals surface area contributed by atoms with Crippen molar-refractivity contribution in [1.82, 2.24) is 0 Å². The Morgan fingerprint density at radius 3 is 1.44 bits per heavy atom. The van der Waals surface area contributed by atoms with E-state index in [2.05, 4.69) is 16.1 Å². The van der Waals surface area contributed by atoms with E-state index in [4.69, 9.17) is 4.74 Å². The van der Waals surface area contributed by atoms with Gasteiger partial charge in [0.2, 0.25) is 0 Å². The van der Waals surface area contributed by atoms with Crippen molar-refractivity contribution >= 4 is 11.9 Å². The number of alkyl halides is 18. The van der Waals surface area contributed by atoms with Gasteiger partial charge in [-0.3, -0.25) is 4.79 Å². The van der Waals surface area contributed by atoms with Crippen molar-refractivity contribution < 1.29 is 113 Å². The van der Waals surface area contributed by atoms with E-state index < -0.39 is 152 Å². The highest BCUT2D eigenvalue weighted by Gasteiger charge is 2.79. The molecule has 7 unspecified atom stereocenters. The molecule has 3 fully saturated rings. The summed E-state index contributed by atoms with van der Waals surface area (Å²) in [6.45, 7) is 3.22. The lowest BCUT2D eigenvalue weighted by atomic mass is 9.65. The van der Waals surface area contributed by atoms with E-state index in [9.17, 15) is 98.8 Å². The van der Waals surface area contributed by atoms with Crippen molar-refractivity contribution in [3.8, 4) is 0 Å². The van der Waals surface area contributed by atoms with Crippen LogP contribution in [0.2, 0.25) is 0 Å². The van der Waals surface area contributed by atoms with Gasteiger partial charge in [-0.1, -0.05) is 6.58 Å². The summed E-state index contributed by atoms with van der Waals surface area (Å²) in [6, 6.07) is 0. The number of hydrogen-bond donors (Lipinski definition) is 2. The highest BCUT2D eigenvalue weighted by molar-refractivity contribution is 5.87. The molecule has 0 saturated heterocycles. The Morgan fingerprint density at radius 2 is 1.05 bits per heavy atom. The predicted molar refractivity (Wildman–Crippen MR) is 153 cm³/mol. The van der Waals surface area contributed by atoms with E-state index in [1.165, 1.54) is 6.92 Å². The molecule has 332 valence electrons. The number of halogens is 18. The molecule has 3 saturated carbocycles. The quantitative estimate of drug-likeness (QED) is 0.129. The highest BCUT2D eigenvalue weighted by Crippen LogP contribution is 2.60. The van der Waals surface area contributed by atoms with Crippen molar-refractivity contribution in [2.45, 2.75) is 131 Å². The molecule has 0 aromatic heterocycles. The molecule has 3 aliphatic carbocycles. The Kier molecular flexibility index (Phi) is 13.4. The monoisotopic (exact) mass is 874 g/mol. The van der Waals surface area contributed by atoms with Crippen molar-refractivity contribution in [3.63, 3.8) is 0 Å². The van der Waals surface area contributed by atoms with Gasteiger partial charge in [-0.25, -0.2) is 4.79 Å². The van der Waals surface area contributed by atoms with Gasteiger partial charge < -0.3 is 24.4 Å². The summed E-state index contributed by atoms with van der Waals surface area (Å²) in [6.07, 6.45) is -52.2. The Morgan fingerprint density at radius 1 is 0.614 bits per heavy atom. The Hall–Kier alpha value is -2.70. The Bertz CT molecular complexity index is 1370. The maximum atomic E-state index is 14.6. The number of aliphatic hydroxyl groups is 2. The van der Waals surface area contributed by atoms with Gasteiger partial charge in [-0.2, -0.15) is 79.0 Å². The number of carbonyl (C=O) groups is 2. The minimum Gasteiger partial charge on any atom is -0.462 e. The van der Waals surface area contributed by atoms with E-state index in [1.54, 1.807) is 0 Å². The van der Waals surface area contributed by atoms with Crippen LogP contribution in [0.25, 0.3) is 0 Å². The van der Waals surface area contributed by atoms with Crippen LogP contribution >= 0.6 is 0 Å². The number of carbonyl (C=O) groups excluding carboxylic acids is 2. The van der Waals surface area contributed by atoms with Gasteiger partial charge in [0.15, 0.2) is 0 Å². The molecular formula is C32H36F18O7. The average molecular weight is 875 g/mol. The lowest BCUT2D eigenvalue weighted by Gasteiger charge is -2.48. The second kappa shape index (κ2) is 15.7. The van der Waals surface area contributed by atoms with E-state index >= 15 is 0 Å². The molecule has 2 N–H and O–H groups in total. The molecule has 0 spiro atoms. The fourth-order valence-electron chi connectivity index (χ4n) is 8.26. The van der Waals surface area contributed by atoms with Crippen LogP contribution in [0.1, 0.15) is 65.2 Å². The van der Waals surface area contributed by atoms with E-state index in [0.29, 0.717) is 6.92 Å². The van der Waals surface area contributed by atoms with Gasteiger partial charge >= 0.3 is 49.0 Å². The van der Waals surface area contributed by atoms with Gasteiger partial charge in [0, 0.05) is 23.3 Å². The second-order valence-corrected chi connectivity index (χ2v) is 14.9. The lowest BCUT2D eigenvalue weighted by Crippen LogP contribution is -2.67. The third-order valence-corrected chi connectivity index (χ3v) is 11.2. The number of rotatable bonds is 10. The Balaban J connectivity index is 1.94. The molecule has 0 aromatic rings. The first-order chi connectivity index (χ1) is 25.4. The predicted octanol–water partition coefficient (Wildman–Crippen LogP) is 8.86. The number of fused-ring (bicyclic) bond motifs is 1. The van der Waals surface area contributed by atoms with Gasteiger partial charge in [0.25, 0.3) is 16.8 Å².